The lowest BCUT2D eigenvalue weighted by atomic mass is 10.5. The van der Waals surface area contributed by atoms with Gasteiger partial charge in [0.15, 0.2) is 13.2 Å². The predicted molar refractivity (Wildman–Crippen MR) is 103 cm³/mol. The number of hydrogen-bond acceptors (Lipinski definition) is 11. The van der Waals surface area contributed by atoms with E-state index in [-0.39, 0.29) is 12.5 Å². The zero-order valence-corrected chi connectivity index (χ0v) is 18.1. The molecule has 0 aromatic rings. The van der Waals surface area contributed by atoms with Crippen molar-refractivity contribution in [3.63, 3.8) is 0 Å². The van der Waals surface area contributed by atoms with E-state index in [1.165, 1.54) is 33.3 Å². The zero-order chi connectivity index (χ0) is 24.4. The normalized spacial score (nSPS) is 9.87. The van der Waals surface area contributed by atoms with E-state index in [2.05, 4.69) is 23.8 Å². The Morgan fingerprint density at radius 2 is 0.968 bits per heavy atom. The largest absolute Gasteiger partial charge is 0.466 e. The molecule has 0 saturated heterocycles. The summed E-state index contributed by atoms with van der Waals surface area (Å²) in [5, 5.41) is 0.914. The van der Waals surface area contributed by atoms with Crippen LogP contribution in [0.3, 0.4) is 0 Å². The topological polar surface area (TPSA) is 155 Å². The zero-order valence-electron chi connectivity index (χ0n) is 18.1. The van der Waals surface area contributed by atoms with E-state index in [1.807, 2.05) is 0 Å². The van der Waals surface area contributed by atoms with E-state index in [1.54, 1.807) is 14.1 Å². The third-order valence-electron chi connectivity index (χ3n) is 2.91. The van der Waals surface area contributed by atoms with Crippen molar-refractivity contribution in [3.8, 4) is 0 Å². The molecule has 31 heavy (non-hydrogen) atoms. The maximum atomic E-state index is 11.1. The average molecular weight is 446 g/mol. The number of amides is 2. The summed E-state index contributed by atoms with van der Waals surface area (Å²) in [7, 11) is 8.13. The van der Waals surface area contributed by atoms with E-state index in [4.69, 9.17) is 0 Å². The van der Waals surface area contributed by atoms with Crippen LogP contribution in [-0.2, 0) is 52.6 Å². The summed E-state index contributed by atoms with van der Waals surface area (Å²) in [6.45, 7) is -0.813. The quantitative estimate of drug-likeness (QED) is 0.178. The second-order valence-electron chi connectivity index (χ2n) is 5.29. The molecule has 0 aliphatic carbocycles. The van der Waals surface area contributed by atoms with Gasteiger partial charge in [0, 0.05) is 45.4 Å². The highest BCUT2D eigenvalue weighted by molar-refractivity contribution is 5.93. The van der Waals surface area contributed by atoms with Gasteiger partial charge >= 0.3 is 23.9 Å². The Bertz CT molecular complexity index is 699. The van der Waals surface area contributed by atoms with Crippen LogP contribution in [-0.4, -0.2) is 101 Å². The molecule has 13 heteroatoms. The number of methoxy groups -OCH3 is 2. The van der Waals surface area contributed by atoms with Crippen LogP contribution >= 0.6 is 0 Å². The van der Waals surface area contributed by atoms with E-state index < -0.39 is 36.4 Å². The standard InChI is InChI=1S/C9H13NO6.C9H13NO5/c1-10(15-3)7(11)6-16-9(13)5-4-8(12)14-2;1-10(2)7(11)6-15-9(13)5-4-8(12)14-3/h4-5H,6H2,1-3H3;4-5H,6H2,1-3H3/b2*5-4+. The van der Waals surface area contributed by atoms with Crippen LogP contribution in [0.15, 0.2) is 24.3 Å². The summed E-state index contributed by atoms with van der Waals surface area (Å²) in [6, 6.07) is 0. The molecule has 0 aliphatic rings. The first kappa shape index (κ1) is 29.5. The minimum absolute atomic E-state index is 0.338. The molecule has 0 bridgehead atoms. The Labute approximate surface area is 179 Å². The minimum Gasteiger partial charge on any atom is -0.466 e. The van der Waals surface area contributed by atoms with Gasteiger partial charge in [0.05, 0.1) is 21.3 Å². The predicted octanol–water partition coefficient (Wildman–Crippen LogP) is -1.37. The first-order valence-corrected chi connectivity index (χ1v) is 8.34. The van der Waals surface area contributed by atoms with Gasteiger partial charge < -0.3 is 23.8 Å². The van der Waals surface area contributed by atoms with Crippen molar-refractivity contribution >= 4 is 35.7 Å². The summed E-state index contributed by atoms with van der Waals surface area (Å²) in [4.78, 5) is 70.9. The van der Waals surface area contributed by atoms with Crippen LogP contribution in [0.2, 0.25) is 0 Å². The van der Waals surface area contributed by atoms with Crippen molar-refractivity contribution in [3.05, 3.63) is 24.3 Å². The van der Waals surface area contributed by atoms with Crippen molar-refractivity contribution in [2.75, 3.05) is 55.7 Å². The van der Waals surface area contributed by atoms with Gasteiger partial charge in [-0.3, -0.25) is 14.4 Å². The summed E-state index contributed by atoms with van der Waals surface area (Å²) in [5.74, 6) is -3.79. The molecule has 0 saturated carbocycles. The molecule has 0 N–H and O–H groups in total. The second kappa shape index (κ2) is 17.1. The molecule has 13 nitrogen and oxygen atoms in total. The van der Waals surface area contributed by atoms with Crippen LogP contribution in [0.1, 0.15) is 0 Å². The number of esters is 4. The number of likely N-dealkylation sites (N-methyl/N-ethyl adjacent to an activating group) is 2. The Hall–Kier alpha value is -3.74. The van der Waals surface area contributed by atoms with Crippen LogP contribution in [0.4, 0.5) is 0 Å². The molecular formula is C18H26N2O11. The van der Waals surface area contributed by atoms with Gasteiger partial charge in [-0.05, 0) is 0 Å². The first-order chi connectivity index (χ1) is 14.5. The van der Waals surface area contributed by atoms with E-state index in [0.717, 1.165) is 29.4 Å². The molecule has 174 valence electrons. The molecular weight excluding hydrogens is 420 g/mol. The monoisotopic (exact) mass is 446 g/mol. The maximum absolute atomic E-state index is 11.1. The van der Waals surface area contributed by atoms with Crippen molar-refractivity contribution < 1.29 is 52.6 Å². The molecule has 0 radical (unpaired) electrons. The maximum Gasteiger partial charge on any atom is 0.331 e. The number of rotatable bonds is 9. The third-order valence-corrected chi connectivity index (χ3v) is 2.91. The highest BCUT2D eigenvalue weighted by atomic mass is 16.7. The number of hydrogen-bond donors (Lipinski definition) is 0. The smallest absolute Gasteiger partial charge is 0.331 e. The van der Waals surface area contributed by atoms with Crippen LogP contribution < -0.4 is 0 Å². The number of ether oxygens (including phenoxy) is 4. The Balaban J connectivity index is 0. The fourth-order valence-electron chi connectivity index (χ4n) is 1.09. The van der Waals surface area contributed by atoms with Crippen LogP contribution in [0.25, 0.3) is 0 Å². The Morgan fingerprint density at radius 3 is 1.29 bits per heavy atom. The highest BCUT2D eigenvalue weighted by Crippen LogP contribution is 1.89. The highest BCUT2D eigenvalue weighted by Gasteiger charge is 2.10. The summed E-state index contributed by atoms with van der Waals surface area (Å²) in [6.07, 6.45) is 3.58. The van der Waals surface area contributed by atoms with Gasteiger partial charge in [-0.25, -0.2) is 24.2 Å². The second-order valence-corrected chi connectivity index (χ2v) is 5.29. The molecule has 0 fully saturated rings. The summed E-state index contributed by atoms with van der Waals surface area (Å²) < 4.78 is 17.6. The Kier molecular flexibility index (Phi) is 16.3. The SMILES string of the molecule is COC(=O)/C=C/C(=O)OCC(=O)N(C)C.COC(=O)/C=C/C(=O)OCC(=O)N(C)OC. The lowest BCUT2D eigenvalue weighted by Gasteiger charge is -2.12. The van der Waals surface area contributed by atoms with Gasteiger partial charge in [0.2, 0.25) is 0 Å². The number of carbonyl (C=O) groups excluding carboxylic acids is 6. The van der Waals surface area contributed by atoms with Crippen molar-refractivity contribution in [1.82, 2.24) is 9.96 Å². The van der Waals surface area contributed by atoms with Gasteiger partial charge in [0.25, 0.3) is 11.8 Å². The fourth-order valence-corrected chi connectivity index (χ4v) is 1.09. The van der Waals surface area contributed by atoms with Crippen molar-refractivity contribution in [1.29, 1.82) is 0 Å². The average Bonchev–Trinajstić information content (AvgIpc) is 2.76. The van der Waals surface area contributed by atoms with Crippen molar-refractivity contribution in [2.24, 2.45) is 0 Å². The van der Waals surface area contributed by atoms with Crippen molar-refractivity contribution in [2.45, 2.75) is 0 Å². The molecule has 0 unspecified atom stereocenters. The van der Waals surface area contributed by atoms with Gasteiger partial charge in [-0.15, -0.1) is 0 Å². The Morgan fingerprint density at radius 1 is 0.613 bits per heavy atom. The molecule has 0 atom stereocenters. The number of carbonyl (C=O) groups is 6. The fraction of sp³-hybridized carbons (Fsp3) is 0.444. The molecule has 0 heterocycles. The van der Waals surface area contributed by atoms with Gasteiger partial charge in [-0.2, -0.15) is 0 Å². The number of nitrogens with zero attached hydrogens (tertiary/aromatic N) is 2. The number of hydroxylamine groups is 2. The van der Waals surface area contributed by atoms with Gasteiger partial charge in [-0.1, -0.05) is 0 Å². The lowest BCUT2D eigenvalue weighted by Crippen LogP contribution is -2.30. The van der Waals surface area contributed by atoms with Gasteiger partial charge in [0.1, 0.15) is 0 Å². The summed E-state index contributed by atoms with van der Waals surface area (Å²) >= 11 is 0. The molecule has 0 rings (SSSR count). The van der Waals surface area contributed by atoms with E-state index >= 15 is 0 Å². The summed E-state index contributed by atoms with van der Waals surface area (Å²) in [5.41, 5.74) is 0. The molecule has 0 aliphatic heterocycles. The van der Waals surface area contributed by atoms with E-state index in [9.17, 15) is 28.8 Å². The minimum atomic E-state index is -0.816. The lowest BCUT2D eigenvalue weighted by molar-refractivity contribution is -0.175. The molecule has 0 aromatic carbocycles. The molecule has 2 amide bonds. The molecule has 0 aromatic heterocycles. The third kappa shape index (κ3) is 16.9. The first-order valence-electron chi connectivity index (χ1n) is 8.34. The van der Waals surface area contributed by atoms with Crippen LogP contribution in [0, 0.1) is 0 Å². The molecule has 0 spiro atoms. The van der Waals surface area contributed by atoms with E-state index in [0.29, 0.717) is 0 Å². The van der Waals surface area contributed by atoms with Crippen LogP contribution in [0.5, 0.6) is 0 Å².